The van der Waals surface area contributed by atoms with E-state index in [0.29, 0.717) is 29.2 Å². The Morgan fingerprint density at radius 1 is 1.08 bits per heavy atom. The molecule has 2 N–H and O–H groups in total. The molecule has 0 spiro atoms. The zero-order valence-corrected chi connectivity index (χ0v) is 20.0. The first-order valence-corrected chi connectivity index (χ1v) is 11.6. The summed E-state index contributed by atoms with van der Waals surface area (Å²) in [5.41, 5.74) is 2.76. The molecule has 0 bridgehead atoms. The Morgan fingerprint density at radius 2 is 1.92 bits per heavy atom. The van der Waals surface area contributed by atoms with Crippen LogP contribution in [-0.2, 0) is 18.3 Å². The number of nitrogens with one attached hydrogen (secondary N) is 2. The number of fused-ring (bicyclic) bond motifs is 1. The molecule has 0 aliphatic carbocycles. The number of benzene rings is 3. The zero-order valence-electron chi connectivity index (χ0n) is 20.0. The molecule has 182 valence electrons. The van der Waals surface area contributed by atoms with Crippen LogP contribution in [0.5, 0.6) is 11.5 Å². The van der Waals surface area contributed by atoms with Gasteiger partial charge in [-0.3, -0.25) is 9.59 Å². The summed E-state index contributed by atoms with van der Waals surface area (Å²) in [5.74, 6) is 1.53. The molecule has 1 aromatic heterocycles. The maximum atomic E-state index is 13.3. The van der Waals surface area contributed by atoms with Gasteiger partial charge in [-0.05, 0) is 47.5 Å². The molecule has 0 saturated carbocycles. The van der Waals surface area contributed by atoms with Crippen molar-refractivity contribution in [2.24, 2.45) is 7.05 Å². The number of para-hydroxylation sites is 1. The summed E-state index contributed by atoms with van der Waals surface area (Å²) in [7, 11) is 3.48. The van der Waals surface area contributed by atoms with Gasteiger partial charge < -0.3 is 24.7 Å². The number of aromatic nitrogens is 2. The standard InChI is InChI=1S/C28H26N4O4/c1-32-14-13-29-26(32)25(19-8-6-11-22(16-19)35-2)31-27(33)20-9-5-10-21(15-20)30-28(34)24-17-18-7-3-4-12-23(18)36-24/h3-16,24-25H,17H2,1-2H3,(H,30,34)(H,31,33). The average molecular weight is 483 g/mol. The third kappa shape index (κ3) is 4.79. The van der Waals surface area contributed by atoms with Gasteiger partial charge in [-0.15, -0.1) is 0 Å². The third-order valence-corrected chi connectivity index (χ3v) is 6.15. The number of methoxy groups -OCH3 is 1. The molecule has 5 rings (SSSR count). The summed E-state index contributed by atoms with van der Waals surface area (Å²) >= 11 is 0. The van der Waals surface area contributed by atoms with Gasteiger partial charge in [0.25, 0.3) is 11.8 Å². The second kappa shape index (κ2) is 9.95. The Bertz CT molecular complexity index is 1390. The van der Waals surface area contributed by atoms with E-state index in [1.54, 1.807) is 37.6 Å². The molecule has 0 saturated heterocycles. The molecule has 4 aromatic rings. The second-order valence-corrected chi connectivity index (χ2v) is 8.57. The Hall–Kier alpha value is -4.59. The van der Waals surface area contributed by atoms with Crippen molar-refractivity contribution in [2.75, 3.05) is 12.4 Å². The Balaban J connectivity index is 1.33. The van der Waals surface area contributed by atoms with Crippen molar-refractivity contribution in [3.8, 4) is 11.5 Å². The first kappa shape index (κ1) is 23.2. The highest BCUT2D eigenvalue weighted by atomic mass is 16.5. The molecule has 8 heteroatoms. The van der Waals surface area contributed by atoms with Gasteiger partial charge in [-0.25, -0.2) is 4.98 Å². The topological polar surface area (TPSA) is 94.5 Å². The minimum atomic E-state index is -0.610. The van der Waals surface area contributed by atoms with E-state index in [-0.39, 0.29) is 11.8 Å². The van der Waals surface area contributed by atoms with Crippen LogP contribution in [0.2, 0.25) is 0 Å². The van der Waals surface area contributed by atoms with Crippen LogP contribution in [0.4, 0.5) is 5.69 Å². The lowest BCUT2D eigenvalue weighted by atomic mass is 10.0. The van der Waals surface area contributed by atoms with Crippen LogP contribution in [0, 0.1) is 0 Å². The van der Waals surface area contributed by atoms with E-state index in [1.807, 2.05) is 66.3 Å². The first-order valence-electron chi connectivity index (χ1n) is 11.6. The van der Waals surface area contributed by atoms with Crippen LogP contribution >= 0.6 is 0 Å². The summed E-state index contributed by atoms with van der Waals surface area (Å²) < 4.78 is 13.0. The maximum Gasteiger partial charge on any atom is 0.265 e. The number of hydrogen-bond acceptors (Lipinski definition) is 5. The molecular formula is C28H26N4O4. The predicted octanol–water partition coefficient (Wildman–Crippen LogP) is 3.89. The number of aryl methyl sites for hydroxylation is 1. The number of carbonyl (C=O) groups excluding carboxylic acids is 2. The van der Waals surface area contributed by atoms with E-state index >= 15 is 0 Å². The summed E-state index contributed by atoms with van der Waals surface area (Å²) in [6, 6.07) is 21.4. The third-order valence-electron chi connectivity index (χ3n) is 6.15. The lowest BCUT2D eigenvalue weighted by Crippen LogP contribution is -2.32. The van der Waals surface area contributed by atoms with E-state index in [9.17, 15) is 9.59 Å². The SMILES string of the molecule is COc1cccc(C(NC(=O)c2cccc(NC(=O)C3Cc4ccccc4O3)c2)c2nccn2C)c1. The number of anilines is 1. The van der Waals surface area contributed by atoms with Gasteiger partial charge >= 0.3 is 0 Å². The van der Waals surface area contributed by atoms with Crippen molar-refractivity contribution in [3.63, 3.8) is 0 Å². The molecule has 2 unspecified atom stereocenters. The number of ether oxygens (including phenoxy) is 2. The van der Waals surface area contributed by atoms with Gasteiger partial charge in [0.2, 0.25) is 0 Å². The minimum Gasteiger partial charge on any atom is -0.497 e. The molecular weight excluding hydrogens is 456 g/mol. The highest BCUT2D eigenvalue weighted by Crippen LogP contribution is 2.29. The number of nitrogens with zero attached hydrogens (tertiary/aromatic N) is 2. The summed E-state index contributed by atoms with van der Waals surface area (Å²) in [5, 5.41) is 5.95. The van der Waals surface area contributed by atoms with Crippen LogP contribution in [0.15, 0.2) is 85.2 Å². The molecule has 2 heterocycles. The quantitative estimate of drug-likeness (QED) is 0.417. The van der Waals surface area contributed by atoms with Gasteiger partial charge in [0, 0.05) is 37.1 Å². The summed E-state index contributed by atoms with van der Waals surface area (Å²) in [6.07, 6.45) is 3.41. The zero-order chi connectivity index (χ0) is 25.1. The van der Waals surface area contributed by atoms with Crippen LogP contribution in [0.3, 0.4) is 0 Å². The summed E-state index contributed by atoms with van der Waals surface area (Å²) in [6.45, 7) is 0. The largest absolute Gasteiger partial charge is 0.497 e. The fraction of sp³-hybridized carbons (Fsp3) is 0.179. The Kier molecular flexibility index (Phi) is 6.40. The molecule has 3 aromatic carbocycles. The minimum absolute atomic E-state index is 0.258. The molecule has 0 radical (unpaired) electrons. The Morgan fingerprint density at radius 3 is 2.69 bits per heavy atom. The molecule has 8 nitrogen and oxygen atoms in total. The molecule has 2 atom stereocenters. The lowest BCUT2D eigenvalue weighted by molar-refractivity contribution is -0.122. The summed E-state index contributed by atoms with van der Waals surface area (Å²) in [4.78, 5) is 30.6. The molecule has 36 heavy (non-hydrogen) atoms. The fourth-order valence-corrected chi connectivity index (χ4v) is 4.28. The number of rotatable bonds is 7. The molecule has 2 amide bonds. The van der Waals surface area contributed by atoms with Crippen LogP contribution in [0.1, 0.15) is 33.4 Å². The van der Waals surface area contributed by atoms with Crippen molar-refractivity contribution < 1.29 is 19.1 Å². The van der Waals surface area contributed by atoms with Crippen molar-refractivity contribution in [1.29, 1.82) is 0 Å². The van der Waals surface area contributed by atoms with E-state index in [4.69, 9.17) is 9.47 Å². The van der Waals surface area contributed by atoms with E-state index < -0.39 is 12.1 Å². The smallest absolute Gasteiger partial charge is 0.265 e. The van der Waals surface area contributed by atoms with Gasteiger partial charge in [-0.1, -0.05) is 36.4 Å². The molecule has 0 fully saturated rings. The van der Waals surface area contributed by atoms with Crippen molar-refractivity contribution >= 4 is 17.5 Å². The number of imidazole rings is 1. The molecule has 1 aliphatic heterocycles. The molecule has 1 aliphatic rings. The second-order valence-electron chi connectivity index (χ2n) is 8.57. The van der Waals surface area contributed by atoms with Gasteiger partial charge in [0.15, 0.2) is 6.10 Å². The van der Waals surface area contributed by atoms with Crippen molar-refractivity contribution in [1.82, 2.24) is 14.9 Å². The van der Waals surface area contributed by atoms with E-state index in [1.165, 1.54) is 0 Å². The first-order chi connectivity index (χ1) is 17.5. The highest BCUT2D eigenvalue weighted by Gasteiger charge is 2.29. The number of carbonyl (C=O) groups is 2. The predicted molar refractivity (Wildman–Crippen MR) is 135 cm³/mol. The number of hydrogen-bond donors (Lipinski definition) is 2. The van der Waals surface area contributed by atoms with Crippen LogP contribution < -0.4 is 20.1 Å². The highest BCUT2D eigenvalue weighted by molar-refractivity contribution is 5.99. The van der Waals surface area contributed by atoms with Gasteiger partial charge in [-0.2, -0.15) is 0 Å². The van der Waals surface area contributed by atoms with E-state index in [2.05, 4.69) is 15.6 Å². The van der Waals surface area contributed by atoms with Gasteiger partial charge in [0.05, 0.1) is 7.11 Å². The number of amides is 2. The Labute approximate surface area is 208 Å². The normalized spacial score (nSPS) is 14.9. The average Bonchev–Trinajstić information content (AvgIpc) is 3.53. The fourth-order valence-electron chi connectivity index (χ4n) is 4.28. The lowest BCUT2D eigenvalue weighted by Gasteiger charge is -2.20. The van der Waals surface area contributed by atoms with Gasteiger partial charge in [0.1, 0.15) is 23.4 Å². The monoisotopic (exact) mass is 482 g/mol. The van der Waals surface area contributed by atoms with Crippen LogP contribution in [0.25, 0.3) is 0 Å². The maximum absolute atomic E-state index is 13.3. The van der Waals surface area contributed by atoms with Crippen LogP contribution in [-0.4, -0.2) is 34.6 Å². The van der Waals surface area contributed by atoms with Crippen molar-refractivity contribution in [2.45, 2.75) is 18.6 Å². The van der Waals surface area contributed by atoms with E-state index in [0.717, 1.165) is 16.9 Å². The van der Waals surface area contributed by atoms with Crippen molar-refractivity contribution in [3.05, 3.63) is 108 Å².